The molecule has 0 aliphatic heterocycles. The second kappa shape index (κ2) is 14.8. The molecule has 0 saturated carbocycles. The van der Waals surface area contributed by atoms with Gasteiger partial charge in [-0.3, -0.25) is 13.8 Å². The molecule has 7 heteroatoms. The van der Waals surface area contributed by atoms with E-state index in [2.05, 4.69) is 0 Å². The summed E-state index contributed by atoms with van der Waals surface area (Å²) in [4.78, 5) is 21.5. The second-order valence-electron chi connectivity index (χ2n) is 8.03. The van der Waals surface area contributed by atoms with E-state index >= 15 is 0 Å². The highest BCUT2D eigenvalue weighted by Crippen LogP contribution is 2.35. The molecule has 190 valence electrons. The van der Waals surface area contributed by atoms with Crippen LogP contribution in [0.25, 0.3) is 0 Å². The molecule has 0 heterocycles. The number of carbonyl (C=O) groups is 2. The van der Waals surface area contributed by atoms with Gasteiger partial charge in [-0.15, -0.1) is 11.8 Å². The molecule has 2 N–H and O–H groups in total. The Kier molecular flexibility index (Phi) is 11.1. The van der Waals surface area contributed by atoms with E-state index in [-0.39, 0.29) is 16.8 Å². The van der Waals surface area contributed by atoms with Crippen LogP contribution in [0.4, 0.5) is 0 Å². The van der Waals surface area contributed by atoms with Crippen molar-refractivity contribution in [2.45, 2.75) is 10.5 Å². The van der Waals surface area contributed by atoms with Crippen molar-refractivity contribution in [2.75, 3.05) is 11.5 Å². The third kappa shape index (κ3) is 9.04. The number of hydrogen-bond donors (Lipinski definition) is 2. The third-order valence-corrected chi connectivity index (χ3v) is 8.20. The Balaban J connectivity index is 0.000000206. The van der Waals surface area contributed by atoms with Gasteiger partial charge in [-0.1, -0.05) is 121 Å². The molecule has 0 saturated heterocycles. The number of thioether (sulfide) groups is 1. The Labute approximate surface area is 223 Å². The highest BCUT2D eigenvalue weighted by Gasteiger charge is 2.22. The van der Waals surface area contributed by atoms with Crippen LogP contribution < -0.4 is 0 Å². The van der Waals surface area contributed by atoms with Crippen LogP contribution in [0.5, 0.6) is 0 Å². The summed E-state index contributed by atoms with van der Waals surface area (Å²) in [5.74, 6) is -2.07. The minimum Gasteiger partial charge on any atom is -0.481 e. The van der Waals surface area contributed by atoms with E-state index in [9.17, 15) is 13.8 Å². The third-order valence-electron chi connectivity index (χ3n) is 5.31. The van der Waals surface area contributed by atoms with Crippen molar-refractivity contribution >= 4 is 34.5 Å². The maximum Gasteiger partial charge on any atom is 0.316 e. The smallest absolute Gasteiger partial charge is 0.316 e. The van der Waals surface area contributed by atoms with Crippen molar-refractivity contribution in [1.82, 2.24) is 0 Å². The van der Waals surface area contributed by atoms with Crippen LogP contribution in [0.15, 0.2) is 121 Å². The lowest BCUT2D eigenvalue weighted by molar-refractivity contribution is -0.135. The highest BCUT2D eigenvalue weighted by molar-refractivity contribution is 8.00. The summed E-state index contributed by atoms with van der Waals surface area (Å²) in [6.07, 6.45) is 0. The molecular weight excluding hydrogens is 504 g/mol. The first-order chi connectivity index (χ1) is 18.0. The standard InChI is InChI=1S/C15H14O3S.C15H14O2S/c16-14(17)11-19(18)15(12-7-3-1-4-8-12)13-9-5-2-6-10-13;16-14(17)11-18-15(12-7-3-1-4-8-12)13-9-5-2-6-10-13/h1-10,15H,11H2,(H,16,17);1-10,15H,11H2,(H,16,17). The van der Waals surface area contributed by atoms with Gasteiger partial charge in [-0.05, 0) is 22.3 Å². The normalized spacial score (nSPS) is 11.4. The lowest BCUT2D eigenvalue weighted by Crippen LogP contribution is -2.17. The van der Waals surface area contributed by atoms with Crippen molar-refractivity contribution in [2.24, 2.45) is 0 Å². The summed E-state index contributed by atoms with van der Waals surface area (Å²) in [6, 6.07) is 38.7. The number of benzene rings is 4. The van der Waals surface area contributed by atoms with Crippen molar-refractivity contribution in [3.63, 3.8) is 0 Å². The van der Waals surface area contributed by atoms with Crippen LogP contribution in [-0.4, -0.2) is 37.9 Å². The first-order valence-electron chi connectivity index (χ1n) is 11.6. The molecular formula is C30H28O5S2. The first kappa shape index (κ1) is 27.9. The lowest BCUT2D eigenvalue weighted by Gasteiger charge is -2.16. The molecule has 0 fully saturated rings. The minimum absolute atomic E-state index is 0.0727. The van der Waals surface area contributed by atoms with Crippen LogP contribution in [0.2, 0.25) is 0 Å². The number of carboxylic acids is 2. The predicted octanol–water partition coefficient (Wildman–Crippen LogP) is 6.20. The molecule has 4 aromatic rings. The molecule has 0 spiro atoms. The molecule has 4 rings (SSSR count). The SMILES string of the molecule is O=C(O)CS(=O)C(c1ccccc1)c1ccccc1.O=C(O)CSC(c1ccccc1)c1ccccc1. The lowest BCUT2D eigenvalue weighted by atomic mass is 10.0. The fraction of sp³-hybridized carbons (Fsp3) is 0.133. The number of aliphatic carboxylic acids is 2. The second-order valence-corrected chi connectivity index (χ2v) is 10.6. The molecule has 5 nitrogen and oxygen atoms in total. The van der Waals surface area contributed by atoms with E-state index in [1.807, 2.05) is 121 Å². The van der Waals surface area contributed by atoms with Crippen LogP contribution >= 0.6 is 11.8 Å². The summed E-state index contributed by atoms with van der Waals surface area (Å²) in [5, 5.41) is 17.3. The van der Waals surface area contributed by atoms with E-state index < -0.39 is 28.0 Å². The minimum atomic E-state index is -1.49. The van der Waals surface area contributed by atoms with E-state index in [0.29, 0.717) is 0 Å². The first-order valence-corrected chi connectivity index (χ1v) is 14.0. The van der Waals surface area contributed by atoms with E-state index in [0.717, 1.165) is 22.3 Å². The van der Waals surface area contributed by atoms with Gasteiger partial charge in [0.1, 0.15) is 5.75 Å². The Morgan fingerprint density at radius 1 is 0.595 bits per heavy atom. The van der Waals surface area contributed by atoms with Crippen molar-refractivity contribution in [1.29, 1.82) is 0 Å². The molecule has 0 amide bonds. The van der Waals surface area contributed by atoms with Crippen molar-refractivity contribution in [3.05, 3.63) is 144 Å². The summed E-state index contributed by atoms with van der Waals surface area (Å²) in [6.45, 7) is 0. The topological polar surface area (TPSA) is 91.7 Å². The molecule has 0 aliphatic rings. The van der Waals surface area contributed by atoms with Crippen LogP contribution in [0.1, 0.15) is 32.8 Å². The zero-order valence-corrected chi connectivity index (χ0v) is 21.7. The van der Waals surface area contributed by atoms with Gasteiger partial charge in [-0.2, -0.15) is 0 Å². The molecule has 0 aliphatic carbocycles. The van der Waals surface area contributed by atoms with Crippen molar-refractivity contribution in [3.8, 4) is 0 Å². The van der Waals surface area contributed by atoms with Gasteiger partial charge in [0.15, 0.2) is 0 Å². The summed E-state index contributed by atoms with van der Waals surface area (Å²) in [5.41, 5.74) is 4.01. The molecule has 1 unspecified atom stereocenters. The molecule has 0 aromatic heterocycles. The molecule has 4 aromatic carbocycles. The van der Waals surface area contributed by atoms with E-state index in [4.69, 9.17) is 10.2 Å². The van der Waals surface area contributed by atoms with Gasteiger partial charge < -0.3 is 10.2 Å². The van der Waals surface area contributed by atoms with Crippen molar-refractivity contribution < 1.29 is 24.0 Å². The maximum atomic E-state index is 12.3. The Morgan fingerprint density at radius 3 is 1.27 bits per heavy atom. The number of rotatable bonds is 10. The van der Waals surface area contributed by atoms with Gasteiger partial charge in [0.2, 0.25) is 0 Å². The monoisotopic (exact) mass is 532 g/mol. The quantitative estimate of drug-likeness (QED) is 0.253. The Bertz CT molecular complexity index is 1190. The van der Waals surface area contributed by atoms with Gasteiger partial charge >= 0.3 is 11.9 Å². The number of carboxylic acid groups (broad SMARTS) is 2. The van der Waals surface area contributed by atoms with E-state index in [1.54, 1.807) is 0 Å². The van der Waals surface area contributed by atoms with E-state index in [1.165, 1.54) is 11.8 Å². The molecule has 0 radical (unpaired) electrons. The Morgan fingerprint density at radius 2 is 0.946 bits per heavy atom. The average molecular weight is 533 g/mol. The zero-order chi connectivity index (χ0) is 26.5. The van der Waals surface area contributed by atoms with Gasteiger partial charge in [-0.25, -0.2) is 0 Å². The summed E-state index contributed by atoms with van der Waals surface area (Å²) < 4.78 is 12.3. The predicted molar refractivity (Wildman–Crippen MR) is 150 cm³/mol. The average Bonchev–Trinajstić information content (AvgIpc) is 2.91. The van der Waals surface area contributed by atoms with Crippen LogP contribution in [0, 0.1) is 0 Å². The van der Waals surface area contributed by atoms with Gasteiger partial charge in [0.25, 0.3) is 0 Å². The fourth-order valence-corrected chi connectivity index (χ4v) is 6.09. The maximum absolute atomic E-state index is 12.3. The fourth-order valence-electron chi connectivity index (χ4n) is 3.75. The van der Waals surface area contributed by atoms with Gasteiger partial charge in [0.05, 0.1) is 16.3 Å². The highest BCUT2D eigenvalue weighted by atomic mass is 32.2. The summed E-state index contributed by atoms with van der Waals surface area (Å²) in [7, 11) is -1.49. The molecule has 0 bridgehead atoms. The zero-order valence-electron chi connectivity index (χ0n) is 20.1. The Hall–Kier alpha value is -3.68. The summed E-state index contributed by atoms with van der Waals surface area (Å²) >= 11 is 1.44. The van der Waals surface area contributed by atoms with Crippen LogP contribution in [-0.2, 0) is 20.4 Å². The molecule has 1 atom stereocenters. The van der Waals surface area contributed by atoms with Crippen LogP contribution in [0.3, 0.4) is 0 Å². The number of hydrogen-bond acceptors (Lipinski definition) is 4. The molecule has 37 heavy (non-hydrogen) atoms. The van der Waals surface area contributed by atoms with Gasteiger partial charge in [0, 0.05) is 10.8 Å². The largest absolute Gasteiger partial charge is 0.481 e.